The second-order valence-corrected chi connectivity index (χ2v) is 12.5. The highest BCUT2D eigenvalue weighted by Gasteiger charge is 2.29. The summed E-state index contributed by atoms with van der Waals surface area (Å²) in [6, 6.07) is -0.794. The van der Waals surface area contributed by atoms with Gasteiger partial charge in [0, 0.05) is 25.7 Å². The Bertz CT molecular complexity index is 798. The van der Waals surface area contributed by atoms with Crippen molar-refractivity contribution in [3.8, 4) is 0 Å². The minimum atomic E-state index is -1.18. The van der Waals surface area contributed by atoms with E-state index in [2.05, 4.69) is 0 Å². The Hall–Kier alpha value is -2.28. The summed E-state index contributed by atoms with van der Waals surface area (Å²) in [5, 5.41) is 19.6. The van der Waals surface area contributed by atoms with Crippen LogP contribution in [0.1, 0.15) is 69.2 Å². The predicted molar refractivity (Wildman–Crippen MR) is 146 cm³/mol. The number of carboxylic acid groups (broad SMARTS) is 1. The number of nitrogens with zero attached hydrogens (tertiary/aromatic N) is 3. The van der Waals surface area contributed by atoms with Crippen molar-refractivity contribution in [2.24, 2.45) is 0 Å². The number of carbonyl (C=O) groups is 4. The number of carbonyl (C=O) groups excluding carboxylic acids is 3. The van der Waals surface area contributed by atoms with E-state index in [0.29, 0.717) is 19.6 Å². The van der Waals surface area contributed by atoms with Gasteiger partial charge < -0.3 is 24.4 Å². The molecule has 0 aliphatic heterocycles. The van der Waals surface area contributed by atoms with Crippen LogP contribution in [0.3, 0.4) is 0 Å². The first kappa shape index (κ1) is 36.7. The van der Waals surface area contributed by atoms with Crippen LogP contribution >= 0.6 is 0 Å². The van der Waals surface area contributed by atoms with Gasteiger partial charge in [0.2, 0.25) is 0 Å². The summed E-state index contributed by atoms with van der Waals surface area (Å²) >= 11 is 0. The van der Waals surface area contributed by atoms with E-state index in [1.807, 2.05) is 11.8 Å². The minimum absolute atomic E-state index is 0.0568. The molecule has 0 fully saturated rings. The summed E-state index contributed by atoms with van der Waals surface area (Å²) in [5.41, 5.74) is -2.09. The van der Waals surface area contributed by atoms with Crippen LogP contribution in [-0.4, -0.2) is 131 Å². The highest BCUT2D eigenvalue weighted by molar-refractivity contribution is 5.74. The van der Waals surface area contributed by atoms with Gasteiger partial charge in [-0.2, -0.15) is 0 Å². The lowest BCUT2D eigenvalue weighted by molar-refractivity contribution is -0.160. The van der Waals surface area contributed by atoms with Crippen molar-refractivity contribution in [2.75, 3.05) is 59.0 Å². The van der Waals surface area contributed by atoms with Crippen molar-refractivity contribution in [2.45, 2.75) is 92.1 Å². The van der Waals surface area contributed by atoms with Gasteiger partial charge in [0.1, 0.15) is 16.8 Å². The molecule has 0 aromatic carbocycles. The molecule has 0 saturated carbocycles. The molecule has 0 saturated heterocycles. The molecule has 0 amide bonds. The van der Waals surface area contributed by atoms with E-state index in [0.717, 1.165) is 0 Å². The number of esters is 3. The van der Waals surface area contributed by atoms with Crippen LogP contribution in [0.4, 0.5) is 0 Å². The maximum Gasteiger partial charge on any atom is 0.320 e. The van der Waals surface area contributed by atoms with Crippen molar-refractivity contribution in [3.05, 3.63) is 0 Å². The molecule has 39 heavy (non-hydrogen) atoms. The Labute approximate surface area is 233 Å². The van der Waals surface area contributed by atoms with Gasteiger partial charge in [-0.1, -0.05) is 6.92 Å². The lowest BCUT2D eigenvalue weighted by Crippen LogP contribution is -2.52. The third-order valence-corrected chi connectivity index (χ3v) is 5.01. The fourth-order valence-corrected chi connectivity index (χ4v) is 3.59. The SMILES string of the molecule is CCN(CCN(CC(=O)OC(C)(C)C)CC(CO)N(CC(=O)O)CC(=O)OC(C)(C)C)CC(=O)OC(C)(C)C. The van der Waals surface area contributed by atoms with E-state index >= 15 is 0 Å². The molecule has 0 aromatic rings. The molecule has 2 N–H and O–H groups in total. The molecule has 0 spiro atoms. The Morgan fingerprint density at radius 2 is 1.05 bits per heavy atom. The first-order valence-corrected chi connectivity index (χ1v) is 13.3. The zero-order valence-corrected chi connectivity index (χ0v) is 25.5. The Morgan fingerprint density at radius 3 is 1.41 bits per heavy atom. The Balaban J connectivity index is 5.74. The molecule has 228 valence electrons. The monoisotopic (exact) mass is 561 g/mol. The summed E-state index contributed by atoms with van der Waals surface area (Å²) in [7, 11) is 0. The zero-order valence-electron chi connectivity index (χ0n) is 25.5. The number of rotatable bonds is 16. The van der Waals surface area contributed by atoms with Crippen molar-refractivity contribution in [3.63, 3.8) is 0 Å². The van der Waals surface area contributed by atoms with Gasteiger partial charge in [-0.05, 0) is 68.9 Å². The summed E-state index contributed by atoms with van der Waals surface area (Å²) in [6.45, 7) is 17.5. The molecule has 0 aliphatic rings. The average molecular weight is 562 g/mol. The molecule has 0 aromatic heterocycles. The average Bonchev–Trinajstić information content (AvgIpc) is 2.69. The number of hydrogen-bond acceptors (Lipinski definition) is 11. The van der Waals surface area contributed by atoms with Crippen LogP contribution < -0.4 is 0 Å². The van der Waals surface area contributed by atoms with Gasteiger partial charge in [0.25, 0.3) is 0 Å². The smallest absolute Gasteiger partial charge is 0.320 e. The quantitative estimate of drug-likeness (QED) is 0.207. The second kappa shape index (κ2) is 16.1. The summed E-state index contributed by atoms with van der Waals surface area (Å²) < 4.78 is 16.2. The van der Waals surface area contributed by atoms with Gasteiger partial charge in [0.15, 0.2) is 0 Å². The second-order valence-electron chi connectivity index (χ2n) is 12.5. The first-order valence-electron chi connectivity index (χ1n) is 13.3. The number of hydrogen-bond donors (Lipinski definition) is 2. The summed E-state index contributed by atoms with van der Waals surface area (Å²) in [4.78, 5) is 53.9. The van der Waals surface area contributed by atoms with Gasteiger partial charge in [-0.15, -0.1) is 0 Å². The van der Waals surface area contributed by atoms with E-state index in [1.165, 1.54) is 4.90 Å². The number of aliphatic hydroxyl groups excluding tert-OH is 1. The van der Waals surface area contributed by atoms with Gasteiger partial charge in [-0.25, -0.2) is 0 Å². The number of aliphatic hydroxyl groups is 1. The molecule has 1 unspecified atom stereocenters. The third kappa shape index (κ3) is 19.4. The third-order valence-electron chi connectivity index (χ3n) is 5.01. The summed E-state index contributed by atoms with van der Waals surface area (Å²) in [5.74, 6) is -2.67. The van der Waals surface area contributed by atoms with Crippen molar-refractivity contribution < 1.29 is 43.6 Å². The summed E-state index contributed by atoms with van der Waals surface area (Å²) in [6.07, 6.45) is 0. The van der Waals surface area contributed by atoms with E-state index in [9.17, 15) is 29.4 Å². The molecule has 1 atom stereocenters. The molecule has 0 bridgehead atoms. The fraction of sp³-hybridized carbons (Fsp3) is 0.852. The van der Waals surface area contributed by atoms with Crippen LogP contribution in [0.2, 0.25) is 0 Å². The van der Waals surface area contributed by atoms with Crippen molar-refractivity contribution in [1.82, 2.24) is 14.7 Å². The largest absolute Gasteiger partial charge is 0.480 e. The maximum absolute atomic E-state index is 12.7. The Kier molecular flexibility index (Phi) is 15.2. The van der Waals surface area contributed by atoms with Gasteiger partial charge in [-0.3, -0.25) is 33.9 Å². The molecular weight excluding hydrogens is 510 g/mol. The van der Waals surface area contributed by atoms with Gasteiger partial charge >= 0.3 is 23.9 Å². The number of carboxylic acids is 1. The van der Waals surface area contributed by atoms with Crippen molar-refractivity contribution >= 4 is 23.9 Å². The maximum atomic E-state index is 12.7. The van der Waals surface area contributed by atoms with Crippen LogP contribution in [0.15, 0.2) is 0 Å². The molecule has 0 radical (unpaired) electrons. The van der Waals surface area contributed by atoms with Crippen LogP contribution in [0.25, 0.3) is 0 Å². The minimum Gasteiger partial charge on any atom is -0.480 e. The number of likely N-dealkylation sites (N-methyl/N-ethyl adjacent to an activating group) is 1. The van der Waals surface area contributed by atoms with Crippen molar-refractivity contribution in [1.29, 1.82) is 0 Å². The first-order chi connectivity index (χ1) is 17.6. The van der Waals surface area contributed by atoms with E-state index in [4.69, 9.17) is 14.2 Å². The molecule has 0 heterocycles. The molecular formula is C27H51N3O9. The molecule has 12 heteroatoms. The normalized spacial score (nSPS) is 13.5. The van der Waals surface area contributed by atoms with Crippen LogP contribution in [0, 0.1) is 0 Å². The van der Waals surface area contributed by atoms with E-state index < -0.39 is 53.9 Å². The number of ether oxygens (including phenoxy) is 3. The zero-order chi connectivity index (χ0) is 30.6. The lowest BCUT2D eigenvalue weighted by atomic mass is 10.2. The van der Waals surface area contributed by atoms with E-state index in [1.54, 1.807) is 67.2 Å². The van der Waals surface area contributed by atoms with Crippen LogP contribution in [-0.2, 0) is 33.4 Å². The lowest BCUT2D eigenvalue weighted by Gasteiger charge is -2.34. The standard InChI is InChI=1S/C27H51N3O9/c1-11-28(16-22(34)37-25(2,3)4)12-13-29(17-23(35)38-26(5,6)7)14-20(19-31)30(15-21(32)33)18-24(36)39-27(8,9)10/h20,31H,11-19H2,1-10H3,(H,32,33). The molecule has 0 aliphatic carbocycles. The fourth-order valence-electron chi connectivity index (χ4n) is 3.59. The molecule has 12 nitrogen and oxygen atoms in total. The number of aliphatic carboxylic acids is 1. The molecule has 0 rings (SSSR count). The predicted octanol–water partition coefficient (Wildman–Crippen LogP) is 1.38. The Morgan fingerprint density at radius 1 is 0.667 bits per heavy atom. The topological polar surface area (TPSA) is 146 Å². The highest BCUT2D eigenvalue weighted by Crippen LogP contribution is 2.12. The van der Waals surface area contributed by atoms with Crippen LogP contribution in [0.5, 0.6) is 0 Å². The highest BCUT2D eigenvalue weighted by atomic mass is 16.6. The van der Waals surface area contributed by atoms with Gasteiger partial charge in [0.05, 0.1) is 32.8 Å². The van der Waals surface area contributed by atoms with E-state index in [-0.39, 0.29) is 32.1 Å².